The summed E-state index contributed by atoms with van der Waals surface area (Å²) in [6.45, 7) is 0. The molecule has 0 radical (unpaired) electrons. The van der Waals surface area contributed by atoms with E-state index in [9.17, 15) is 18.4 Å². The van der Waals surface area contributed by atoms with E-state index in [1.165, 1.54) is 12.1 Å². The van der Waals surface area contributed by atoms with Crippen LogP contribution in [0.4, 0.5) is 13.2 Å². The van der Waals surface area contributed by atoms with E-state index in [2.05, 4.69) is 10.6 Å². The van der Waals surface area contributed by atoms with E-state index in [1.807, 2.05) is 140 Å². The van der Waals surface area contributed by atoms with Gasteiger partial charge in [-0.1, -0.05) is 133 Å². The molecule has 0 atom stereocenters. The Hall–Kier alpha value is -7.37. The summed E-state index contributed by atoms with van der Waals surface area (Å²) in [7, 11) is 0. The summed E-state index contributed by atoms with van der Waals surface area (Å²) in [4.78, 5) is 14.8. The number of aromatic nitrogens is 4. The molecule has 55 heavy (non-hydrogen) atoms. The minimum atomic E-state index is -4.53. The minimum absolute atomic E-state index is 0.402. The van der Waals surface area contributed by atoms with E-state index < -0.39 is 11.7 Å². The van der Waals surface area contributed by atoms with Crippen LogP contribution >= 0.6 is 0 Å². The molecule has 9 aromatic rings. The number of halogens is 3. The number of rotatable bonds is 6. The summed E-state index contributed by atoms with van der Waals surface area (Å²) in [5.74, 6) is 1.39. The number of fused-ring (bicyclic) bond motifs is 3. The summed E-state index contributed by atoms with van der Waals surface area (Å²) in [6, 6.07) is 54.1. The van der Waals surface area contributed by atoms with Gasteiger partial charge in [0.1, 0.15) is 0 Å². The number of hydrogen-bond acceptors (Lipinski definition) is 4. The van der Waals surface area contributed by atoms with Crippen LogP contribution < -0.4 is 0 Å². The predicted octanol–water partition coefficient (Wildman–Crippen LogP) is 12.2. The number of nitrogens with zero attached hydrogens (tertiary/aromatic N) is 5. The normalized spacial score (nSPS) is 11.5. The van der Waals surface area contributed by atoms with E-state index in [0.29, 0.717) is 45.4 Å². The van der Waals surface area contributed by atoms with Crippen molar-refractivity contribution in [3.63, 3.8) is 0 Å². The Morgan fingerprint density at radius 3 is 1.71 bits per heavy atom. The average Bonchev–Trinajstić information content (AvgIpc) is 3.57. The van der Waals surface area contributed by atoms with Gasteiger partial charge in [-0.15, -0.1) is 0 Å². The Kier molecular flexibility index (Phi) is 8.25. The van der Waals surface area contributed by atoms with Gasteiger partial charge in [-0.05, 0) is 53.1 Å². The van der Waals surface area contributed by atoms with Gasteiger partial charge < -0.3 is 4.57 Å². The van der Waals surface area contributed by atoms with Crippen LogP contribution in [0.5, 0.6) is 0 Å². The molecule has 2 aromatic heterocycles. The van der Waals surface area contributed by atoms with E-state index in [0.717, 1.165) is 50.1 Å². The molecular formula is C47H28F3N5. The second kappa shape index (κ2) is 13.6. The van der Waals surface area contributed by atoms with E-state index in [1.54, 1.807) is 12.1 Å². The molecule has 7 aromatic carbocycles. The van der Waals surface area contributed by atoms with Gasteiger partial charge in [0.15, 0.2) is 17.5 Å². The molecule has 8 heteroatoms. The second-order valence-electron chi connectivity index (χ2n) is 13.1. The highest BCUT2D eigenvalue weighted by molar-refractivity contribution is 6.11. The number of para-hydroxylation sites is 1. The third-order valence-electron chi connectivity index (χ3n) is 9.73. The molecule has 0 saturated heterocycles. The quantitative estimate of drug-likeness (QED) is 0.172. The highest BCUT2D eigenvalue weighted by Crippen LogP contribution is 2.41. The molecule has 5 nitrogen and oxygen atoms in total. The maximum atomic E-state index is 14.1. The zero-order valence-electron chi connectivity index (χ0n) is 29.0. The Bertz CT molecular complexity index is 2870. The van der Waals surface area contributed by atoms with Gasteiger partial charge in [-0.3, -0.25) is 0 Å². The molecule has 0 amide bonds. The average molecular weight is 720 g/mol. The van der Waals surface area contributed by atoms with Crippen LogP contribution in [0.15, 0.2) is 170 Å². The summed E-state index contributed by atoms with van der Waals surface area (Å²) in [5.41, 5.74) is 7.00. The summed E-state index contributed by atoms with van der Waals surface area (Å²) in [5, 5.41) is 11.9. The fourth-order valence-corrected chi connectivity index (χ4v) is 7.13. The van der Waals surface area contributed by atoms with Crippen molar-refractivity contribution < 1.29 is 13.2 Å². The topological polar surface area (TPSA) is 67.4 Å². The third-order valence-corrected chi connectivity index (χ3v) is 9.73. The van der Waals surface area contributed by atoms with Gasteiger partial charge in [0, 0.05) is 33.0 Å². The van der Waals surface area contributed by atoms with Crippen LogP contribution in [0.2, 0.25) is 0 Å². The van der Waals surface area contributed by atoms with Crippen molar-refractivity contribution in [2.75, 3.05) is 0 Å². The maximum absolute atomic E-state index is 14.1. The minimum Gasteiger partial charge on any atom is -0.309 e. The highest BCUT2D eigenvalue weighted by Gasteiger charge is 2.31. The van der Waals surface area contributed by atoms with Crippen molar-refractivity contribution >= 4 is 21.8 Å². The van der Waals surface area contributed by atoms with Crippen LogP contribution in [-0.2, 0) is 6.18 Å². The predicted molar refractivity (Wildman–Crippen MR) is 211 cm³/mol. The van der Waals surface area contributed by atoms with Gasteiger partial charge >= 0.3 is 6.18 Å². The number of hydrogen-bond donors (Lipinski definition) is 0. The highest BCUT2D eigenvalue weighted by atomic mass is 19.4. The lowest BCUT2D eigenvalue weighted by atomic mass is 9.98. The van der Waals surface area contributed by atoms with E-state index in [-0.39, 0.29) is 0 Å². The van der Waals surface area contributed by atoms with Crippen LogP contribution in [0.25, 0.3) is 83.9 Å². The third kappa shape index (κ3) is 6.18. The largest absolute Gasteiger partial charge is 0.416 e. The molecule has 262 valence electrons. The Morgan fingerprint density at radius 1 is 0.455 bits per heavy atom. The molecule has 0 aliphatic heterocycles. The Morgan fingerprint density at radius 2 is 1.02 bits per heavy atom. The molecule has 2 heterocycles. The Balaban J connectivity index is 1.35. The second-order valence-corrected chi connectivity index (χ2v) is 13.1. The zero-order valence-corrected chi connectivity index (χ0v) is 29.0. The summed E-state index contributed by atoms with van der Waals surface area (Å²) >= 11 is 0. The van der Waals surface area contributed by atoms with Crippen molar-refractivity contribution in [3.05, 3.63) is 181 Å². The molecular weight excluding hydrogens is 692 g/mol. The molecule has 0 aliphatic rings. The first kappa shape index (κ1) is 33.5. The monoisotopic (exact) mass is 719 g/mol. The fraction of sp³-hybridized carbons (Fsp3) is 0.0213. The lowest BCUT2D eigenvalue weighted by molar-refractivity contribution is -0.137. The van der Waals surface area contributed by atoms with E-state index in [4.69, 9.17) is 15.0 Å². The smallest absolute Gasteiger partial charge is 0.309 e. The van der Waals surface area contributed by atoms with Crippen LogP contribution in [0.3, 0.4) is 0 Å². The lowest BCUT2D eigenvalue weighted by Gasteiger charge is -2.17. The van der Waals surface area contributed by atoms with Gasteiger partial charge in [0.2, 0.25) is 0 Å². The van der Waals surface area contributed by atoms with Crippen LogP contribution in [0, 0.1) is 11.3 Å². The van der Waals surface area contributed by atoms with Crippen molar-refractivity contribution in [2.24, 2.45) is 0 Å². The van der Waals surface area contributed by atoms with Crippen LogP contribution in [0.1, 0.15) is 11.1 Å². The maximum Gasteiger partial charge on any atom is 0.416 e. The molecule has 0 N–H and O–H groups in total. The van der Waals surface area contributed by atoms with Gasteiger partial charge in [0.05, 0.1) is 33.9 Å². The standard InChI is InChI=1S/C47H28F3N5/c48-47(49,50)36-18-11-17-32(26-36)38-24-23-34(46-53-44(30-12-3-1-4-13-30)52-45(54-46)31-14-5-2-6-15-31)28-42(38)55-41-21-10-9-20-39(41)40-25-22-33(27-43(40)55)37-19-8-7-16-35(37)29-51/h1-28H. The van der Waals surface area contributed by atoms with Crippen molar-refractivity contribution in [1.82, 2.24) is 19.5 Å². The summed E-state index contributed by atoms with van der Waals surface area (Å²) in [6.07, 6.45) is -4.53. The number of nitriles is 1. The zero-order chi connectivity index (χ0) is 37.5. The van der Waals surface area contributed by atoms with Crippen LogP contribution in [-0.4, -0.2) is 19.5 Å². The molecule has 0 aliphatic carbocycles. The fourth-order valence-electron chi connectivity index (χ4n) is 7.13. The van der Waals surface area contributed by atoms with Gasteiger partial charge in [-0.2, -0.15) is 18.4 Å². The first-order valence-electron chi connectivity index (χ1n) is 17.6. The first-order valence-corrected chi connectivity index (χ1v) is 17.6. The van der Waals surface area contributed by atoms with Crippen molar-refractivity contribution in [2.45, 2.75) is 6.18 Å². The molecule has 0 bridgehead atoms. The lowest BCUT2D eigenvalue weighted by Crippen LogP contribution is -2.05. The molecule has 9 rings (SSSR count). The van der Waals surface area contributed by atoms with Crippen molar-refractivity contribution in [3.8, 4) is 68.2 Å². The molecule has 0 fully saturated rings. The van der Waals surface area contributed by atoms with Gasteiger partial charge in [0.25, 0.3) is 0 Å². The number of benzene rings is 7. The molecule has 0 spiro atoms. The SMILES string of the molecule is N#Cc1ccccc1-c1ccc2c3ccccc3n(-c3cc(-c4nc(-c5ccccc5)nc(-c5ccccc5)n4)ccc3-c3cccc(C(F)(F)F)c3)c2c1. The first-order chi connectivity index (χ1) is 26.9. The van der Waals surface area contributed by atoms with E-state index >= 15 is 0 Å². The Labute approximate surface area is 314 Å². The summed E-state index contributed by atoms with van der Waals surface area (Å²) < 4.78 is 44.5. The van der Waals surface area contributed by atoms with Crippen molar-refractivity contribution in [1.29, 1.82) is 5.26 Å². The molecule has 0 saturated carbocycles. The number of alkyl halides is 3. The molecule has 0 unspecified atom stereocenters. The van der Waals surface area contributed by atoms with Gasteiger partial charge in [-0.25, -0.2) is 15.0 Å².